The van der Waals surface area contributed by atoms with E-state index in [1.165, 1.54) is 0 Å². The van der Waals surface area contributed by atoms with Crippen molar-refractivity contribution in [3.05, 3.63) is 42.4 Å². The number of rotatable bonds is 6. The van der Waals surface area contributed by atoms with E-state index in [4.69, 9.17) is 20.0 Å². The van der Waals surface area contributed by atoms with E-state index in [2.05, 4.69) is 5.32 Å². The van der Waals surface area contributed by atoms with Crippen molar-refractivity contribution in [2.24, 2.45) is 0 Å². The summed E-state index contributed by atoms with van der Waals surface area (Å²) in [7, 11) is 0. The zero-order chi connectivity index (χ0) is 12.8. The summed E-state index contributed by atoms with van der Waals surface area (Å²) in [5.41, 5.74) is 7.16. The van der Waals surface area contributed by atoms with Crippen LogP contribution in [-0.4, -0.2) is 18.3 Å². The molecule has 2 aromatic rings. The van der Waals surface area contributed by atoms with Gasteiger partial charge in [0.05, 0.1) is 25.1 Å². The number of halogens is 1. The Morgan fingerprint density at radius 3 is 2.84 bits per heavy atom. The van der Waals surface area contributed by atoms with Gasteiger partial charge in [-0.3, -0.25) is 0 Å². The van der Waals surface area contributed by atoms with Gasteiger partial charge in [0.15, 0.2) is 0 Å². The molecule has 0 bridgehead atoms. The highest BCUT2D eigenvalue weighted by Crippen LogP contribution is 2.27. The van der Waals surface area contributed by atoms with E-state index in [0.29, 0.717) is 18.0 Å². The van der Waals surface area contributed by atoms with E-state index < -0.39 is 0 Å². The monoisotopic (exact) mass is 284 g/mol. The Bertz CT molecular complexity index is 489. The largest absolute Gasteiger partial charge is 0.489 e. The highest BCUT2D eigenvalue weighted by molar-refractivity contribution is 5.85. The molecule has 1 heterocycles. The van der Waals surface area contributed by atoms with Crippen LogP contribution >= 0.6 is 12.4 Å². The van der Waals surface area contributed by atoms with E-state index in [0.717, 1.165) is 11.4 Å². The molecule has 0 aliphatic carbocycles. The van der Waals surface area contributed by atoms with Crippen LogP contribution in [0.2, 0.25) is 0 Å². The standard InChI is InChI=1S/C13H16N2O3.ClH/c14-10-3-4-13(18-7-5-16)12(8-10)15-9-11-2-1-6-17-11;/h1-4,6,8,15-16H,5,7,9,14H2;1H. The van der Waals surface area contributed by atoms with Crippen molar-refractivity contribution >= 4 is 23.8 Å². The smallest absolute Gasteiger partial charge is 0.142 e. The van der Waals surface area contributed by atoms with Gasteiger partial charge in [0.1, 0.15) is 18.1 Å². The molecule has 0 saturated heterocycles. The lowest BCUT2D eigenvalue weighted by Crippen LogP contribution is -2.06. The van der Waals surface area contributed by atoms with Crippen molar-refractivity contribution in [3.8, 4) is 5.75 Å². The predicted octanol–water partition coefficient (Wildman–Crippen LogP) is 2.27. The molecule has 0 amide bonds. The van der Waals surface area contributed by atoms with Crippen molar-refractivity contribution in [2.75, 3.05) is 24.3 Å². The highest BCUT2D eigenvalue weighted by Gasteiger charge is 2.05. The Balaban J connectivity index is 0.00000180. The molecule has 2 rings (SSSR count). The molecular weight excluding hydrogens is 268 g/mol. The normalized spacial score (nSPS) is 9.74. The van der Waals surface area contributed by atoms with E-state index in [1.54, 1.807) is 24.5 Å². The Morgan fingerprint density at radius 2 is 2.16 bits per heavy atom. The third-order valence-corrected chi connectivity index (χ3v) is 2.39. The SMILES string of the molecule is Cl.Nc1ccc(OCCO)c(NCc2ccco2)c1. The minimum atomic E-state index is -0.0258. The Morgan fingerprint density at radius 1 is 1.32 bits per heavy atom. The van der Waals surface area contributed by atoms with Gasteiger partial charge < -0.3 is 25.3 Å². The number of furan rings is 1. The summed E-state index contributed by atoms with van der Waals surface area (Å²) < 4.78 is 10.6. The molecule has 1 aromatic heterocycles. The molecule has 0 radical (unpaired) electrons. The van der Waals surface area contributed by atoms with Crippen LogP contribution in [0, 0.1) is 0 Å². The van der Waals surface area contributed by atoms with Crippen molar-refractivity contribution in [2.45, 2.75) is 6.54 Å². The summed E-state index contributed by atoms with van der Waals surface area (Å²) in [6, 6.07) is 9.03. The number of benzene rings is 1. The van der Waals surface area contributed by atoms with E-state index in [-0.39, 0.29) is 25.6 Å². The Labute approximate surface area is 117 Å². The summed E-state index contributed by atoms with van der Waals surface area (Å²) in [4.78, 5) is 0. The van der Waals surface area contributed by atoms with Crippen LogP contribution in [0.1, 0.15) is 5.76 Å². The second-order valence-corrected chi connectivity index (χ2v) is 3.76. The Hall–Kier alpha value is -1.85. The molecule has 0 atom stereocenters. The topological polar surface area (TPSA) is 80.7 Å². The lowest BCUT2D eigenvalue weighted by molar-refractivity contribution is 0.202. The second kappa shape index (κ2) is 7.56. The molecule has 0 unspecified atom stereocenters. The fourth-order valence-electron chi connectivity index (χ4n) is 1.56. The molecule has 0 saturated carbocycles. The van der Waals surface area contributed by atoms with Gasteiger partial charge in [-0.2, -0.15) is 0 Å². The average molecular weight is 285 g/mol. The Kier molecular flexibility index (Phi) is 6.05. The van der Waals surface area contributed by atoms with Gasteiger partial charge >= 0.3 is 0 Å². The zero-order valence-electron chi connectivity index (χ0n) is 10.3. The first kappa shape index (κ1) is 15.2. The van der Waals surface area contributed by atoms with Gasteiger partial charge in [0.2, 0.25) is 0 Å². The van der Waals surface area contributed by atoms with Crippen LogP contribution < -0.4 is 15.8 Å². The maximum Gasteiger partial charge on any atom is 0.142 e. The van der Waals surface area contributed by atoms with Crippen LogP contribution in [0.15, 0.2) is 41.0 Å². The van der Waals surface area contributed by atoms with Crippen LogP contribution in [0.4, 0.5) is 11.4 Å². The molecule has 0 aliphatic heterocycles. The molecule has 0 spiro atoms. The zero-order valence-corrected chi connectivity index (χ0v) is 11.2. The average Bonchev–Trinajstić information content (AvgIpc) is 2.88. The summed E-state index contributed by atoms with van der Waals surface area (Å²) >= 11 is 0. The van der Waals surface area contributed by atoms with Crippen molar-refractivity contribution in [3.63, 3.8) is 0 Å². The maximum atomic E-state index is 8.77. The lowest BCUT2D eigenvalue weighted by Gasteiger charge is -2.12. The van der Waals surface area contributed by atoms with Crippen LogP contribution in [0.5, 0.6) is 5.75 Å². The van der Waals surface area contributed by atoms with Crippen molar-refractivity contribution in [1.29, 1.82) is 0 Å². The fraction of sp³-hybridized carbons (Fsp3) is 0.231. The van der Waals surface area contributed by atoms with Crippen LogP contribution in [0.3, 0.4) is 0 Å². The molecule has 6 heteroatoms. The summed E-state index contributed by atoms with van der Waals surface area (Å²) in [6.45, 7) is 0.771. The second-order valence-electron chi connectivity index (χ2n) is 3.76. The molecular formula is C13H17ClN2O3. The van der Waals surface area contributed by atoms with Crippen molar-refractivity contribution in [1.82, 2.24) is 0 Å². The number of aliphatic hydroxyl groups excluding tert-OH is 1. The minimum Gasteiger partial charge on any atom is -0.489 e. The van der Waals surface area contributed by atoms with Crippen LogP contribution in [-0.2, 0) is 6.54 Å². The van der Waals surface area contributed by atoms with Gasteiger partial charge in [-0.05, 0) is 30.3 Å². The number of nitrogens with one attached hydrogen (secondary N) is 1. The third-order valence-electron chi connectivity index (χ3n) is 2.39. The summed E-state index contributed by atoms with van der Waals surface area (Å²) in [5, 5.41) is 12.0. The summed E-state index contributed by atoms with van der Waals surface area (Å²) in [6.07, 6.45) is 1.62. The molecule has 4 N–H and O–H groups in total. The quantitative estimate of drug-likeness (QED) is 0.709. The maximum absolute atomic E-state index is 8.77. The lowest BCUT2D eigenvalue weighted by atomic mass is 10.2. The first-order valence-electron chi connectivity index (χ1n) is 5.69. The molecule has 1 aromatic carbocycles. The molecule has 5 nitrogen and oxygen atoms in total. The molecule has 104 valence electrons. The first-order chi connectivity index (χ1) is 8.79. The minimum absolute atomic E-state index is 0. The molecule has 0 aliphatic rings. The number of hydrogen-bond donors (Lipinski definition) is 3. The highest BCUT2D eigenvalue weighted by atomic mass is 35.5. The fourth-order valence-corrected chi connectivity index (χ4v) is 1.56. The first-order valence-corrected chi connectivity index (χ1v) is 5.69. The van der Waals surface area contributed by atoms with E-state index in [9.17, 15) is 0 Å². The number of nitrogens with two attached hydrogens (primary N) is 1. The van der Waals surface area contributed by atoms with Gasteiger partial charge in [-0.25, -0.2) is 0 Å². The number of aliphatic hydroxyl groups is 1. The number of nitrogen functional groups attached to an aromatic ring is 1. The van der Waals surface area contributed by atoms with E-state index in [1.807, 2.05) is 12.1 Å². The number of ether oxygens (including phenoxy) is 1. The molecule has 0 fully saturated rings. The van der Waals surface area contributed by atoms with E-state index >= 15 is 0 Å². The van der Waals surface area contributed by atoms with Gasteiger partial charge in [0.25, 0.3) is 0 Å². The van der Waals surface area contributed by atoms with Gasteiger partial charge in [-0.1, -0.05) is 0 Å². The van der Waals surface area contributed by atoms with Gasteiger partial charge in [0, 0.05) is 5.69 Å². The number of hydrogen-bond acceptors (Lipinski definition) is 5. The molecule has 19 heavy (non-hydrogen) atoms. The summed E-state index contributed by atoms with van der Waals surface area (Å²) in [5.74, 6) is 1.48. The van der Waals surface area contributed by atoms with Crippen molar-refractivity contribution < 1.29 is 14.3 Å². The van der Waals surface area contributed by atoms with Crippen LogP contribution in [0.25, 0.3) is 0 Å². The number of anilines is 2. The third kappa shape index (κ3) is 4.39. The predicted molar refractivity (Wildman–Crippen MR) is 76.7 cm³/mol. The van der Waals surface area contributed by atoms with Gasteiger partial charge in [-0.15, -0.1) is 12.4 Å².